The summed E-state index contributed by atoms with van der Waals surface area (Å²) in [5, 5.41) is 18.6. The fourth-order valence-corrected chi connectivity index (χ4v) is 3.38. The second-order valence-electron chi connectivity index (χ2n) is 7.68. The predicted octanol–water partition coefficient (Wildman–Crippen LogP) is 6.86. The third-order valence-corrected chi connectivity index (χ3v) is 5.07. The highest BCUT2D eigenvalue weighted by Crippen LogP contribution is 2.15. The van der Waals surface area contributed by atoms with Gasteiger partial charge in [0.2, 0.25) is 0 Å². The molecule has 1 atom stereocenters. The first-order valence-electron chi connectivity index (χ1n) is 11.1. The third-order valence-electron chi connectivity index (χ3n) is 5.07. The fourth-order valence-electron chi connectivity index (χ4n) is 3.38. The van der Waals surface area contributed by atoms with Gasteiger partial charge in [-0.05, 0) is 19.3 Å². The Balaban J connectivity index is 3.14. The quantitative estimate of drug-likeness (QED) is 0.234. The van der Waals surface area contributed by atoms with Crippen molar-refractivity contribution in [1.29, 1.82) is 0 Å². The molecular formula is C22H44O3. The van der Waals surface area contributed by atoms with Gasteiger partial charge < -0.3 is 10.2 Å². The Morgan fingerprint density at radius 1 is 0.640 bits per heavy atom. The smallest absolute Gasteiger partial charge is 0.303 e. The largest absolute Gasteiger partial charge is 0.481 e. The van der Waals surface area contributed by atoms with Gasteiger partial charge in [0.15, 0.2) is 0 Å². The van der Waals surface area contributed by atoms with Crippen LogP contribution in [0.5, 0.6) is 0 Å². The van der Waals surface area contributed by atoms with E-state index in [9.17, 15) is 9.90 Å². The normalized spacial score (nSPS) is 12.4. The maximum absolute atomic E-state index is 10.4. The van der Waals surface area contributed by atoms with E-state index in [1.807, 2.05) is 0 Å². The highest BCUT2D eigenvalue weighted by Gasteiger charge is 2.03. The van der Waals surface area contributed by atoms with Crippen LogP contribution in [0.2, 0.25) is 0 Å². The molecule has 0 rings (SSSR count). The van der Waals surface area contributed by atoms with Gasteiger partial charge in [0.25, 0.3) is 0 Å². The van der Waals surface area contributed by atoms with E-state index >= 15 is 0 Å². The number of carbonyl (C=O) groups is 1. The summed E-state index contributed by atoms with van der Waals surface area (Å²) in [6.45, 7) is 2.25. The second kappa shape index (κ2) is 19.8. The number of rotatable bonds is 20. The minimum absolute atomic E-state index is 0.0788. The van der Waals surface area contributed by atoms with Crippen LogP contribution in [-0.2, 0) is 4.79 Å². The van der Waals surface area contributed by atoms with E-state index in [1.165, 1.54) is 83.5 Å². The molecule has 0 fully saturated rings. The summed E-state index contributed by atoms with van der Waals surface area (Å²) < 4.78 is 0. The van der Waals surface area contributed by atoms with E-state index < -0.39 is 5.97 Å². The van der Waals surface area contributed by atoms with Gasteiger partial charge in [0.05, 0.1) is 6.10 Å². The zero-order valence-electron chi connectivity index (χ0n) is 16.8. The van der Waals surface area contributed by atoms with Crippen LogP contribution < -0.4 is 0 Å². The molecule has 0 aromatic heterocycles. The van der Waals surface area contributed by atoms with Crippen LogP contribution in [0, 0.1) is 0 Å². The van der Waals surface area contributed by atoms with Gasteiger partial charge in [-0.1, -0.05) is 103 Å². The molecule has 3 heteroatoms. The van der Waals surface area contributed by atoms with E-state index in [0.717, 1.165) is 32.1 Å². The number of aliphatic hydroxyl groups is 1. The molecule has 0 aliphatic rings. The molecule has 0 saturated heterocycles. The van der Waals surface area contributed by atoms with Crippen LogP contribution in [0.3, 0.4) is 0 Å². The van der Waals surface area contributed by atoms with Crippen molar-refractivity contribution in [2.75, 3.05) is 0 Å². The van der Waals surface area contributed by atoms with E-state index in [4.69, 9.17) is 5.11 Å². The van der Waals surface area contributed by atoms with Gasteiger partial charge in [-0.15, -0.1) is 0 Å². The molecule has 0 radical (unpaired) electrons. The number of hydrogen-bond donors (Lipinski definition) is 2. The average molecular weight is 357 g/mol. The molecule has 0 unspecified atom stereocenters. The van der Waals surface area contributed by atoms with Crippen molar-refractivity contribution in [3.8, 4) is 0 Å². The Morgan fingerprint density at radius 3 is 1.40 bits per heavy atom. The highest BCUT2D eigenvalue weighted by atomic mass is 16.4. The van der Waals surface area contributed by atoms with Crippen molar-refractivity contribution in [3.05, 3.63) is 0 Å². The van der Waals surface area contributed by atoms with E-state index in [-0.39, 0.29) is 6.10 Å². The molecule has 0 saturated carbocycles. The summed E-state index contributed by atoms with van der Waals surface area (Å²) >= 11 is 0. The predicted molar refractivity (Wildman–Crippen MR) is 107 cm³/mol. The number of carboxylic acid groups (broad SMARTS) is 1. The number of carboxylic acids is 1. The maximum atomic E-state index is 10.4. The van der Waals surface area contributed by atoms with Crippen LogP contribution >= 0.6 is 0 Å². The Kier molecular flexibility index (Phi) is 19.3. The van der Waals surface area contributed by atoms with Gasteiger partial charge in [0, 0.05) is 6.42 Å². The molecule has 0 spiro atoms. The lowest BCUT2D eigenvalue weighted by atomic mass is 10.0. The van der Waals surface area contributed by atoms with E-state index in [1.54, 1.807) is 0 Å². The van der Waals surface area contributed by atoms with Crippen molar-refractivity contribution in [1.82, 2.24) is 0 Å². The van der Waals surface area contributed by atoms with Crippen LogP contribution in [-0.4, -0.2) is 22.3 Å². The lowest BCUT2D eigenvalue weighted by Crippen LogP contribution is -2.05. The molecule has 0 aromatic rings. The van der Waals surface area contributed by atoms with Gasteiger partial charge in [0.1, 0.15) is 0 Å². The SMILES string of the molecule is CCCCCCCCC[C@H](O)CCCCCCCCCCCC(=O)O. The Hall–Kier alpha value is -0.570. The topological polar surface area (TPSA) is 57.5 Å². The van der Waals surface area contributed by atoms with Crippen molar-refractivity contribution in [3.63, 3.8) is 0 Å². The standard InChI is InChI=1S/C22H44O3/c1-2-3-4-5-9-12-15-18-21(23)19-16-13-10-7-6-8-11-14-17-20-22(24)25/h21,23H,2-20H2,1H3,(H,24,25)/t21-/m0/s1. The zero-order valence-corrected chi connectivity index (χ0v) is 16.8. The summed E-state index contributed by atoms with van der Waals surface area (Å²) in [5.41, 5.74) is 0. The average Bonchev–Trinajstić information content (AvgIpc) is 2.58. The van der Waals surface area contributed by atoms with Crippen LogP contribution in [0.25, 0.3) is 0 Å². The van der Waals surface area contributed by atoms with Crippen molar-refractivity contribution < 1.29 is 15.0 Å². The first-order chi connectivity index (χ1) is 12.2. The summed E-state index contributed by atoms with van der Waals surface area (Å²) in [6.07, 6.45) is 22.0. The lowest BCUT2D eigenvalue weighted by molar-refractivity contribution is -0.137. The van der Waals surface area contributed by atoms with Gasteiger partial charge >= 0.3 is 5.97 Å². The van der Waals surface area contributed by atoms with E-state index in [2.05, 4.69) is 6.92 Å². The first-order valence-corrected chi connectivity index (χ1v) is 11.1. The summed E-state index contributed by atoms with van der Waals surface area (Å²) in [5.74, 6) is -0.672. The van der Waals surface area contributed by atoms with E-state index in [0.29, 0.717) is 6.42 Å². The molecular weight excluding hydrogens is 312 g/mol. The van der Waals surface area contributed by atoms with Crippen LogP contribution in [0.1, 0.15) is 129 Å². The highest BCUT2D eigenvalue weighted by molar-refractivity contribution is 5.66. The maximum Gasteiger partial charge on any atom is 0.303 e. The number of hydrogen-bond acceptors (Lipinski definition) is 2. The minimum atomic E-state index is -0.672. The summed E-state index contributed by atoms with van der Waals surface area (Å²) in [7, 11) is 0. The van der Waals surface area contributed by atoms with Crippen LogP contribution in [0.4, 0.5) is 0 Å². The Morgan fingerprint density at radius 2 is 1.00 bits per heavy atom. The van der Waals surface area contributed by atoms with Crippen LogP contribution in [0.15, 0.2) is 0 Å². The second-order valence-corrected chi connectivity index (χ2v) is 7.68. The number of aliphatic hydroxyl groups excluding tert-OH is 1. The molecule has 0 aromatic carbocycles. The first kappa shape index (κ1) is 24.4. The fraction of sp³-hybridized carbons (Fsp3) is 0.955. The molecule has 25 heavy (non-hydrogen) atoms. The molecule has 0 bridgehead atoms. The number of unbranched alkanes of at least 4 members (excludes halogenated alkanes) is 14. The molecule has 0 amide bonds. The number of aliphatic carboxylic acids is 1. The Bertz CT molecular complexity index is 278. The molecule has 150 valence electrons. The zero-order chi connectivity index (χ0) is 18.6. The Labute approximate surface area is 156 Å². The molecule has 0 aliphatic heterocycles. The third kappa shape index (κ3) is 21.4. The molecule has 3 nitrogen and oxygen atoms in total. The minimum Gasteiger partial charge on any atom is -0.481 e. The summed E-state index contributed by atoms with van der Waals surface area (Å²) in [4.78, 5) is 10.4. The molecule has 2 N–H and O–H groups in total. The van der Waals surface area contributed by atoms with Gasteiger partial charge in [-0.2, -0.15) is 0 Å². The molecule has 0 aliphatic carbocycles. The van der Waals surface area contributed by atoms with Crippen molar-refractivity contribution in [2.24, 2.45) is 0 Å². The van der Waals surface area contributed by atoms with Gasteiger partial charge in [-0.3, -0.25) is 4.79 Å². The monoisotopic (exact) mass is 356 g/mol. The lowest BCUT2D eigenvalue weighted by Gasteiger charge is -2.10. The van der Waals surface area contributed by atoms with Gasteiger partial charge in [-0.25, -0.2) is 0 Å². The molecule has 0 heterocycles. The van der Waals surface area contributed by atoms with Crippen molar-refractivity contribution in [2.45, 2.75) is 135 Å². The summed E-state index contributed by atoms with van der Waals surface area (Å²) in [6, 6.07) is 0. The van der Waals surface area contributed by atoms with Crippen molar-refractivity contribution >= 4 is 5.97 Å².